The van der Waals surface area contributed by atoms with Gasteiger partial charge in [-0.05, 0) is 48.9 Å². The van der Waals surface area contributed by atoms with Crippen molar-refractivity contribution in [3.8, 4) is 0 Å². The average Bonchev–Trinajstić information content (AvgIpc) is 3.17. The quantitative estimate of drug-likeness (QED) is 0.543. The first-order valence-corrected chi connectivity index (χ1v) is 9.37. The van der Waals surface area contributed by atoms with Gasteiger partial charge in [-0.25, -0.2) is 16.3 Å². The minimum atomic E-state index is -0.320. The predicted molar refractivity (Wildman–Crippen MR) is 107 cm³/mol. The Morgan fingerprint density at radius 3 is 2.56 bits per heavy atom. The van der Waals surface area contributed by atoms with E-state index in [1.54, 1.807) is 12.4 Å². The highest BCUT2D eigenvalue weighted by Gasteiger charge is 2.30. The Morgan fingerprint density at radius 2 is 1.89 bits per heavy atom. The molecule has 0 saturated carbocycles. The van der Waals surface area contributed by atoms with E-state index in [-0.39, 0.29) is 18.0 Å². The summed E-state index contributed by atoms with van der Waals surface area (Å²) >= 11 is 0. The summed E-state index contributed by atoms with van der Waals surface area (Å²) in [5, 5.41) is 4.20. The fourth-order valence-corrected chi connectivity index (χ4v) is 3.18. The maximum atomic E-state index is 12.4. The second-order valence-electron chi connectivity index (χ2n) is 7.38. The molecule has 0 spiro atoms. The maximum absolute atomic E-state index is 12.4. The molecule has 3 N–H and O–H groups in total. The van der Waals surface area contributed by atoms with Crippen molar-refractivity contribution < 1.29 is 4.79 Å². The van der Waals surface area contributed by atoms with Crippen LogP contribution in [0.5, 0.6) is 0 Å². The molecule has 1 saturated heterocycles. The second kappa shape index (κ2) is 8.88. The number of hydrogen-bond acceptors (Lipinski definition) is 5. The Balaban J connectivity index is 1.55. The summed E-state index contributed by atoms with van der Waals surface area (Å²) < 4.78 is 0. The summed E-state index contributed by atoms with van der Waals surface area (Å²) in [5.74, 6) is 0.501. The molecule has 6 nitrogen and oxygen atoms in total. The van der Waals surface area contributed by atoms with Crippen LogP contribution in [-0.2, 0) is 11.2 Å². The average molecular weight is 365 g/mol. The molecule has 1 aromatic heterocycles. The molecule has 2 unspecified atom stereocenters. The minimum absolute atomic E-state index is 0.110. The number of amides is 1. The van der Waals surface area contributed by atoms with Crippen molar-refractivity contribution in [2.24, 2.45) is 11.0 Å². The van der Waals surface area contributed by atoms with Crippen LogP contribution in [0.4, 0.5) is 0 Å². The van der Waals surface area contributed by atoms with Crippen molar-refractivity contribution in [2.45, 2.75) is 45.7 Å². The van der Waals surface area contributed by atoms with Gasteiger partial charge in [0.15, 0.2) is 0 Å². The molecule has 0 aliphatic carbocycles. The van der Waals surface area contributed by atoms with E-state index in [9.17, 15) is 4.79 Å². The van der Waals surface area contributed by atoms with Crippen LogP contribution in [0.15, 0.2) is 53.9 Å². The van der Waals surface area contributed by atoms with Gasteiger partial charge < -0.3 is 0 Å². The molecule has 6 heteroatoms. The van der Waals surface area contributed by atoms with E-state index >= 15 is 0 Å². The third kappa shape index (κ3) is 5.21. The fourth-order valence-electron chi connectivity index (χ4n) is 3.18. The lowest BCUT2D eigenvalue weighted by atomic mass is 9.97. The van der Waals surface area contributed by atoms with Crippen molar-refractivity contribution in [1.29, 1.82) is 0 Å². The lowest BCUT2D eigenvalue weighted by Gasteiger charge is -2.11. The number of carbonyl (C=O) groups excluding carboxylic acids is 1. The van der Waals surface area contributed by atoms with Crippen LogP contribution < -0.4 is 16.3 Å². The molecular formula is C21H27N5O. The van der Waals surface area contributed by atoms with E-state index in [4.69, 9.17) is 0 Å². The Labute approximate surface area is 160 Å². The first kappa shape index (κ1) is 19.2. The van der Waals surface area contributed by atoms with Gasteiger partial charge in [-0.3, -0.25) is 9.78 Å². The van der Waals surface area contributed by atoms with Crippen LogP contribution in [0.2, 0.25) is 0 Å². The zero-order valence-electron chi connectivity index (χ0n) is 16.1. The van der Waals surface area contributed by atoms with Crippen molar-refractivity contribution in [2.75, 3.05) is 0 Å². The molecule has 2 aromatic rings. The summed E-state index contributed by atoms with van der Waals surface area (Å²) in [6.07, 6.45) is 5.17. The van der Waals surface area contributed by atoms with E-state index in [1.807, 2.05) is 19.1 Å². The summed E-state index contributed by atoms with van der Waals surface area (Å²) in [5.41, 5.74) is 13.1. The van der Waals surface area contributed by atoms with E-state index in [1.165, 1.54) is 11.1 Å². The molecule has 0 bridgehead atoms. The Morgan fingerprint density at radius 1 is 1.19 bits per heavy atom. The highest BCUT2D eigenvalue weighted by Crippen LogP contribution is 2.23. The van der Waals surface area contributed by atoms with E-state index in [0.717, 1.165) is 17.7 Å². The van der Waals surface area contributed by atoms with Crippen LogP contribution in [0, 0.1) is 5.92 Å². The number of nitrogens with one attached hydrogen (secondary N) is 3. The number of pyridine rings is 1. The van der Waals surface area contributed by atoms with Crippen LogP contribution in [0.1, 0.15) is 49.9 Å². The third-order valence-corrected chi connectivity index (χ3v) is 4.68. The fraction of sp³-hybridized carbons (Fsp3) is 0.381. The standard InChI is InChI=1S/C21H27N5O/c1-14(2)12-16-4-6-18(7-5-16)19-13-20(25-24-19)21(27)26-23-15(3)17-8-10-22-11-9-17/h4-11,14,19-20,24-25H,12-13H2,1-3H3,(H,26,27)/b23-15+. The van der Waals surface area contributed by atoms with Gasteiger partial charge >= 0.3 is 0 Å². The number of hydrogen-bond donors (Lipinski definition) is 3. The van der Waals surface area contributed by atoms with E-state index in [0.29, 0.717) is 12.3 Å². The summed E-state index contributed by atoms with van der Waals surface area (Å²) in [7, 11) is 0. The van der Waals surface area contributed by atoms with Crippen molar-refractivity contribution >= 4 is 11.6 Å². The number of aromatic nitrogens is 1. The van der Waals surface area contributed by atoms with Gasteiger partial charge in [-0.15, -0.1) is 0 Å². The minimum Gasteiger partial charge on any atom is -0.271 e. The number of benzene rings is 1. The first-order chi connectivity index (χ1) is 13.0. The Bertz CT molecular complexity index is 786. The van der Waals surface area contributed by atoms with Gasteiger partial charge in [0, 0.05) is 24.0 Å². The van der Waals surface area contributed by atoms with Gasteiger partial charge in [-0.1, -0.05) is 38.1 Å². The molecule has 27 heavy (non-hydrogen) atoms. The highest BCUT2D eigenvalue weighted by atomic mass is 16.2. The summed E-state index contributed by atoms with van der Waals surface area (Å²) in [6.45, 7) is 6.30. The van der Waals surface area contributed by atoms with Crippen LogP contribution in [0.25, 0.3) is 0 Å². The molecule has 142 valence electrons. The number of nitrogens with zero attached hydrogens (tertiary/aromatic N) is 2. The monoisotopic (exact) mass is 365 g/mol. The second-order valence-corrected chi connectivity index (χ2v) is 7.38. The smallest absolute Gasteiger partial charge is 0.258 e. The van der Waals surface area contributed by atoms with E-state index < -0.39 is 0 Å². The van der Waals surface area contributed by atoms with Gasteiger partial charge in [0.1, 0.15) is 6.04 Å². The van der Waals surface area contributed by atoms with Gasteiger partial charge in [0.05, 0.1) is 5.71 Å². The van der Waals surface area contributed by atoms with Crippen molar-refractivity contribution in [3.63, 3.8) is 0 Å². The number of rotatable bonds is 6. The molecule has 2 heterocycles. The largest absolute Gasteiger partial charge is 0.271 e. The molecule has 1 aliphatic heterocycles. The van der Waals surface area contributed by atoms with Crippen LogP contribution in [0.3, 0.4) is 0 Å². The zero-order chi connectivity index (χ0) is 19.2. The van der Waals surface area contributed by atoms with Crippen molar-refractivity contribution in [3.05, 3.63) is 65.5 Å². The lowest BCUT2D eigenvalue weighted by Crippen LogP contribution is -2.41. The summed E-state index contributed by atoms with van der Waals surface area (Å²) in [4.78, 5) is 16.4. The Kier molecular flexibility index (Phi) is 6.32. The van der Waals surface area contributed by atoms with E-state index in [2.05, 4.69) is 64.5 Å². The zero-order valence-corrected chi connectivity index (χ0v) is 16.1. The molecule has 0 radical (unpaired) electrons. The van der Waals surface area contributed by atoms with Gasteiger partial charge in [0.2, 0.25) is 0 Å². The van der Waals surface area contributed by atoms with Crippen molar-refractivity contribution in [1.82, 2.24) is 21.3 Å². The molecule has 3 rings (SSSR count). The highest BCUT2D eigenvalue weighted by molar-refractivity contribution is 5.99. The molecular weight excluding hydrogens is 338 g/mol. The summed E-state index contributed by atoms with van der Waals surface area (Å²) in [6, 6.07) is 12.1. The maximum Gasteiger partial charge on any atom is 0.258 e. The van der Waals surface area contributed by atoms with Gasteiger partial charge in [-0.2, -0.15) is 5.10 Å². The number of hydrazone groups is 1. The van der Waals surface area contributed by atoms with Crippen LogP contribution in [-0.4, -0.2) is 22.6 Å². The molecule has 2 atom stereocenters. The normalized spacial score (nSPS) is 20.1. The molecule has 1 aliphatic rings. The van der Waals surface area contributed by atoms with Gasteiger partial charge in [0.25, 0.3) is 5.91 Å². The molecule has 1 fully saturated rings. The predicted octanol–water partition coefficient (Wildman–Crippen LogP) is 2.73. The Hall–Kier alpha value is -2.57. The topological polar surface area (TPSA) is 78.4 Å². The number of hydrazine groups is 1. The SMILES string of the molecule is C/C(=N\NC(=O)C1CC(c2ccc(CC(C)C)cc2)NN1)c1ccncc1. The number of carbonyl (C=O) groups is 1. The molecule has 1 aromatic carbocycles. The van der Waals surface area contributed by atoms with Crippen LogP contribution >= 0.6 is 0 Å². The molecule has 1 amide bonds. The lowest BCUT2D eigenvalue weighted by molar-refractivity contribution is -0.122. The first-order valence-electron chi connectivity index (χ1n) is 9.37. The third-order valence-electron chi connectivity index (χ3n) is 4.68.